The molecule has 0 saturated carbocycles. The first-order valence-corrected chi connectivity index (χ1v) is 6.54. The summed E-state index contributed by atoms with van der Waals surface area (Å²) in [5.41, 5.74) is 0. The molecule has 0 unspecified atom stereocenters. The second-order valence-corrected chi connectivity index (χ2v) is 5.81. The molecule has 84 valence electrons. The first-order valence-electron chi connectivity index (χ1n) is 4.17. The van der Waals surface area contributed by atoms with Crippen molar-refractivity contribution in [1.29, 1.82) is 0 Å². The molecule has 5 nitrogen and oxygen atoms in total. The van der Waals surface area contributed by atoms with Crippen LogP contribution in [0.2, 0.25) is 0 Å². The van der Waals surface area contributed by atoms with Crippen LogP contribution in [0.3, 0.4) is 0 Å². The van der Waals surface area contributed by atoms with Gasteiger partial charge in [0.2, 0.25) is 10.0 Å². The predicted octanol–water partition coefficient (Wildman–Crippen LogP) is 1.25. The normalized spacial score (nSPS) is 11.8. The Balaban J connectivity index is 2.67. The molecule has 0 saturated heterocycles. The first-order chi connectivity index (χ1) is 7.38. The van der Waals surface area contributed by atoms with Gasteiger partial charge in [0.25, 0.3) is 0 Å². The maximum Gasteiger partial charge on any atom is 0.345 e. The van der Waals surface area contributed by atoms with E-state index in [9.17, 15) is 13.2 Å². The Labute approximate surface area is 95.2 Å². The summed E-state index contributed by atoms with van der Waals surface area (Å²) in [6.07, 6.45) is 0. The number of carbonyl (C=O) groups is 1. The van der Waals surface area contributed by atoms with Crippen LogP contribution in [-0.4, -0.2) is 19.5 Å². The van der Waals surface area contributed by atoms with Crippen LogP contribution in [0, 0.1) is 0 Å². The lowest BCUT2D eigenvalue weighted by atomic mass is 10.2. The van der Waals surface area contributed by atoms with Crippen LogP contribution in [0.1, 0.15) is 9.67 Å². The highest BCUT2D eigenvalue weighted by molar-refractivity contribution is 7.89. The second kappa shape index (κ2) is 3.55. The van der Waals surface area contributed by atoms with E-state index in [1.165, 1.54) is 18.2 Å². The number of carboxylic acids is 1. The summed E-state index contributed by atoms with van der Waals surface area (Å²) >= 11 is 1.09. The summed E-state index contributed by atoms with van der Waals surface area (Å²) in [5, 5.41) is 14.3. The molecular formula is C9H7NO4S2. The maximum atomic E-state index is 11.1. The lowest BCUT2D eigenvalue weighted by Crippen LogP contribution is -2.11. The summed E-state index contributed by atoms with van der Waals surface area (Å²) in [4.78, 5) is 10.9. The van der Waals surface area contributed by atoms with Crippen molar-refractivity contribution in [2.24, 2.45) is 5.14 Å². The van der Waals surface area contributed by atoms with Gasteiger partial charge in [-0.3, -0.25) is 0 Å². The fourth-order valence-electron chi connectivity index (χ4n) is 1.30. The van der Waals surface area contributed by atoms with E-state index in [1.807, 2.05) is 0 Å². The maximum absolute atomic E-state index is 11.1. The number of sulfonamides is 1. The first kappa shape index (κ1) is 11.1. The van der Waals surface area contributed by atoms with Gasteiger partial charge in [0.1, 0.15) is 4.88 Å². The topological polar surface area (TPSA) is 97.5 Å². The Kier molecular flexibility index (Phi) is 2.45. The van der Waals surface area contributed by atoms with Crippen LogP contribution in [-0.2, 0) is 10.0 Å². The molecule has 0 aliphatic carbocycles. The molecule has 0 fully saturated rings. The molecule has 0 atom stereocenters. The Morgan fingerprint density at radius 2 is 2.00 bits per heavy atom. The summed E-state index contributed by atoms with van der Waals surface area (Å²) in [5.74, 6) is -1.03. The fourth-order valence-corrected chi connectivity index (χ4v) is 2.73. The molecule has 0 aliphatic rings. The van der Waals surface area contributed by atoms with Crippen molar-refractivity contribution in [3.8, 4) is 0 Å². The largest absolute Gasteiger partial charge is 0.477 e. The highest BCUT2D eigenvalue weighted by atomic mass is 32.2. The molecule has 0 amide bonds. The van der Waals surface area contributed by atoms with E-state index < -0.39 is 16.0 Å². The lowest BCUT2D eigenvalue weighted by molar-refractivity contribution is 0.0702. The molecule has 0 aliphatic heterocycles. The number of hydrogen-bond acceptors (Lipinski definition) is 4. The molecule has 2 rings (SSSR count). The van der Waals surface area contributed by atoms with E-state index >= 15 is 0 Å². The zero-order valence-electron chi connectivity index (χ0n) is 7.88. The van der Waals surface area contributed by atoms with Crippen LogP contribution in [0.4, 0.5) is 0 Å². The molecule has 1 aromatic heterocycles. The Hall–Kier alpha value is -1.44. The summed E-state index contributed by atoms with van der Waals surface area (Å²) in [7, 11) is -3.75. The third-order valence-corrected chi connectivity index (χ3v) is 4.04. The standard InChI is InChI=1S/C9H7NO4S2/c10-16(13,14)6-1-2-7-5(3-6)4-8(15-7)9(11)12/h1-4H,(H,11,12)(H2,10,13,14). The van der Waals surface area contributed by atoms with Gasteiger partial charge in [0, 0.05) is 4.70 Å². The van der Waals surface area contributed by atoms with E-state index in [0.717, 1.165) is 11.3 Å². The second-order valence-electron chi connectivity index (χ2n) is 3.16. The van der Waals surface area contributed by atoms with Gasteiger partial charge in [0.15, 0.2) is 0 Å². The van der Waals surface area contributed by atoms with E-state index in [0.29, 0.717) is 10.1 Å². The number of primary sulfonamides is 1. The minimum atomic E-state index is -3.75. The van der Waals surface area contributed by atoms with E-state index in [2.05, 4.69) is 0 Å². The van der Waals surface area contributed by atoms with Gasteiger partial charge in [-0.1, -0.05) is 0 Å². The summed E-state index contributed by atoms with van der Waals surface area (Å²) < 4.78 is 22.9. The quantitative estimate of drug-likeness (QED) is 0.845. The van der Waals surface area contributed by atoms with E-state index in [4.69, 9.17) is 10.2 Å². The molecule has 2 aromatic rings. The Morgan fingerprint density at radius 3 is 2.56 bits per heavy atom. The third-order valence-electron chi connectivity index (χ3n) is 2.03. The molecule has 3 N–H and O–H groups in total. The van der Waals surface area contributed by atoms with Crippen LogP contribution >= 0.6 is 11.3 Å². The minimum absolute atomic E-state index is 0.0188. The average molecular weight is 257 g/mol. The van der Waals surface area contributed by atoms with Crippen molar-refractivity contribution in [2.75, 3.05) is 0 Å². The highest BCUT2D eigenvalue weighted by Gasteiger charge is 2.12. The Morgan fingerprint density at radius 1 is 1.31 bits per heavy atom. The number of rotatable bonds is 2. The summed E-state index contributed by atoms with van der Waals surface area (Å²) in [6, 6.07) is 5.70. The smallest absolute Gasteiger partial charge is 0.345 e. The molecule has 0 spiro atoms. The van der Waals surface area contributed by atoms with Crippen LogP contribution in [0.25, 0.3) is 10.1 Å². The zero-order chi connectivity index (χ0) is 11.9. The van der Waals surface area contributed by atoms with Crippen molar-refractivity contribution in [3.05, 3.63) is 29.1 Å². The number of nitrogens with two attached hydrogens (primary N) is 1. The molecule has 16 heavy (non-hydrogen) atoms. The van der Waals surface area contributed by atoms with Gasteiger partial charge in [-0.05, 0) is 29.7 Å². The average Bonchev–Trinajstić information content (AvgIpc) is 2.58. The molecular weight excluding hydrogens is 250 g/mol. The van der Waals surface area contributed by atoms with Gasteiger partial charge in [-0.25, -0.2) is 18.4 Å². The van der Waals surface area contributed by atoms with Crippen molar-refractivity contribution >= 4 is 37.4 Å². The summed E-state index contributed by atoms with van der Waals surface area (Å²) in [6.45, 7) is 0. The zero-order valence-corrected chi connectivity index (χ0v) is 9.51. The van der Waals surface area contributed by atoms with Crippen LogP contribution < -0.4 is 5.14 Å². The Bertz CT molecular complexity index is 672. The molecule has 1 heterocycles. The van der Waals surface area contributed by atoms with E-state index in [1.54, 1.807) is 6.07 Å². The molecule has 0 bridgehead atoms. The highest BCUT2D eigenvalue weighted by Crippen LogP contribution is 2.27. The minimum Gasteiger partial charge on any atom is -0.477 e. The van der Waals surface area contributed by atoms with E-state index in [-0.39, 0.29) is 9.77 Å². The predicted molar refractivity (Wildman–Crippen MR) is 60.2 cm³/mol. The fraction of sp³-hybridized carbons (Fsp3) is 0. The van der Waals surface area contributed by atoms with Gasteiger partial charge >= 0.3 is 5.97 Å². The number of hydrogen-bond donors (Lipinski definition) is 2. The molecule has 0 radical (unpaired) electrons. The third kappa shape index (κ3) is 1.92. The molecule has 1 aromatic carbocycles. The number of benzene rings is 1. The lowest BCUT2D eigenvalue weighted by Gasteiger charge is -1.96. The van der Waals surface area contributed by atoms with Gasteiger partial charge in [-0.15, -0.1) is 11.3 Å². The van der Waals surface area contributed by atoms with Crippen LogP contribution in [0.15, 0.2) is 29.2 Å². The molecule has 7 heteroatoms. The number of aromatic carboxylic acids is 1. The monoisotopic (exact) mass is 257 g/mol. The van der Waals surface area contributed by atoms with Gasteiger partial charge in [0.05, 0.1) is 4.90 Å². The van der Waals surface area contributed by atoms with Crippen LogP contribution in [0.5, 0.6) is 0 Å². The van der Waals surface area contributed by atoms with Crippen molar-refractivity contribution in [3.63, 3.8) is 0 Å². The van der Waals surface area contributed by atoms with Crippen molar-refractivity contribution in [2.45, 2.75) is 4.90 Å². The van der Waals surface area contributed by atoms with Crippen molar-refractivity contribution < 1.29 is 18.3 Å². The van der Waals surface area contributed by atoms with Gasteiger partial charge < -0.3 is 5.11 Å². The van der Waals surface area contributed by atoms with Gasteiger partial charge in [-0.2, -0.15) is 0 Å². The number of thiophene rings is 1. The number of carboxylic acid groups (broad SMARTS) is 1. The van der Waals surface area contributed by atoms with Crippen molar-refractivity contribution in [1.82, 2.24) is 0 Å². The SMILES string of the molecule is NS(=O)(=O)c1ccc2sc(C(=O)O)cc2c1. The number of fused-ring (bicyclic) bond motifs is 1.